The third-order valence-electron chi connectivity index (χ3n) is 3.23. The number of sulfonamides is 1. The van der Waals surface area contributed by atoms with Crippen molar-refractivity contribution in [2.45, 2.75) is 9.24 Å². The molecule has 0 aliphatic carbocycles. The van der Waals surface area contributed by atoms with E-state index in [1.54, 1.807) is 34.3 Å². The zero-order valence-corrected chi connectivity index (χ0v) is 13.4. The van der Waals surface area contributed by atoms with Gasteiger partial charge in [-0.15, -0.1) is 11.3 Å². The molecule has 0 saturated carbocycles. The Balaban J connectivity index is 1.99. The molecule has 20 heavy (non-hydrogen) atoms. The van der Waals surface area contributed by atoms with E-state index in [-0.39, 0.29) is 0 Å². The molecule has 0 radical (unpaired) electrons. The van der Waals surface area contributed by atoms with Crippen molar-refractivity contribution in [3.63, 3.8) is 0 Å². The minimum atomic E-state index is -3.39. The van der Waals surface area contributed by atoms with Crippen molar-refractivity contribution < 1.29 is 8.42 Å². The van der Waals surface area contributed by atoms with Crippen LogP contribution in [-0.4, -0.2) is 50.1 Å². The Morgan fingerprint density at radius 2 is 2.10 bits per heavy atom. The number of thioether (sulfide) groups is 1. The maximum atomic E-state index is 12.6. The number of benzene rings is 1. The van der Waals surface area contributed by atoms with E-state index in [0.717, 1.165) is 14.6 Å². The van der Waals surface area contributed by atoms with Crippen molar-refractivity contribution in [3.05, 3.63) is 18.2 Å². The molecule has 2 heterocycles. The summed E-state index contributed by atoms with van der Waals surface area (Å²) in [6, 6.07) is 5.19. The van der Waals surface area contributed by atoms with Crippen LogP contribution < -0.4 is 5.32 Å². The average Bonchev–Trinajstić information content (AvgIpc) is 2.90. The third-order valence-corrected chi connectivity index (χ3v) is 7.13. The normalized spacial score (nSPS) is 17.6. The predicted octanol–water partition coefficient (Wildman–Crippen LogP) is 1.61. The van der Waals surface area contributed by atoms with Crippen LogP contribution in [0, 0.1) is 0 Å². The average molecular weight is 329 g/mol. The summed E-state index contributed by atoms with van der Waals surface area (Å²) in [5.41, 5.74) is 0.860. The zero-order valence-electron chi connectivity index (χ0n) is 11.0. The fourth-order valence-electron chi connectivity index (χ4n) is 2.17. The lowest BCUT2D eigenvalue weighted by Crippen LogP contribution is -2.46. The van der Waals surface area contributed by atoms with Gasteiger partial charge >= 0.3 is 0 Å². The summed E-state index contributed by atoms with van der Waals surface area (Å²) in [5.74, 6) is 0. The number of piperazine rings is 1. The molecule has 2 aromatic rings. The van der Waals surface area contributed by atoms with Gasteiger partial charge in [0.05, 0.1) is 15.1 Å². The quantitative estimate of drug-likeness (QED) is 0.867. The molecular weight excluding hydrogens is 314 g/mol. The van der Waals surface area contributed by atoms with Gasteiger partial charge in [0.25, 0.3) is 0 Å². The molecule has 1 saturated heterocycles. The first kappa shape index (κ1) is 14.3. The van der Waals surface area contributed by atoms with Crippen LogP contribution >= 0.6 is 23.1 Å². The summed E-state index contributed by atoms with van der Waals surface area (Å²) >= 11 is 3.11. The summed E-state index contributed by atoms with van der Waals surface area (Å²) in [6.45, 7) is 2.47. The van der Waals surface area contributed by atoms with Crippen molar-refractivity contribution in [2.24, 2.45) is 0 Å². The van der Waals surface area contributed by atoms with Gasteiger partial charge in [0.1, 0.15) is 0 Å². The summed E-state index contributed by atoms with van der Waals surface area (Å²) in [4.78, 5) is 4.79. The van der Waals surface area contributed by atoms with Gasteiger partial charge in [-0.1, -0.05) is 11.8 Å². The highest BCUT2D eigenvalue weighted by molar-refractivity contribution is 8.00. The standard InChI is InChI=1S/C12H15N3O2S3/c1-18-12-14-10-3-2-9(8-11(10)19-12)20(16,17)15-6-4-13-5-7-15/h2-3,8,13H,4-7H2,1H3. The predicted molar refractivity (Wildman–Crippen MR) is 83.0 cm³/mol. The molecule has 0 unspecified atom stereocenters. The van der Waals surface area contributed by atoms with Crippen LogP contribution in [0.5, 0.6) is 0 Å². The molecule has 1 aromatic heterocycles. The lowest BCUT2D eigenvalue weighted by Gasteiger charge is -2.26. The van der Waals surface area contributed by atoms with Crippen molar-refractivity contribution in [1.29, 1.82) is 0 Å². The number of rotatable bonds is 3. The largest absolute Gasteiger partial charge is 0.314 e. The molecule has 5 nitrogen and oxygen atoms in total. The fraction of sp³-hybridized carbons (Fsp3) is 0.417. The molecule has 0 amide bonds. The molecule has 8 heteroatoms. The van der Waals surface area contributed by atoms with E-state index in [9.17, 15) is 8.42 Å². The Bertz CT molecular complexity index is 721. The van der Waals surface area contributed by atoms with Crippen LogP contribution in [0.4, 0.5) is 0 Å². The van der Waals surface area contributed by atoms with Gasteiger partial charge in [0.2, 0.25) is 10.0 Å². The van der Waals surface area contributed by atoms with E-state index < -0.39 is 10.0 Å². The summed E-state index contributed by atoms with van der Waals surface area (Å²) in [6.07, 6.45) is 1.97. The molecule has 1 aliphatic heterocycles. The lowest BCUT2D eigenvalue weighted by atomic mass is 10.3. The topological polar surface area (TPSA) is 62.3 Å². The minimum absolute atomic E-state index is 0.364. The van der Waals surface area contributed by atoms with Crippen LogP contribution in [0.15, 0.2) is 27.4 Å². The Morgan fingerprint density at radius 1 is 1.35 bits per heavy atom. The SMILES string of the molecule is CSc1nc2ccc(S(=O)(=O)N3CCNCC3)cc2s1. The van der Waals surface area contributed by atoms with Crippen molar-refractivity contribution in [2.75, 3.05) is 32.4 Å². The first-order valence-electron chi connectivity index (χ1n) is 6.27. The number of aromatic nitrogens is 1. The van der Waals surface area contributed by atoms with Crippen LogP contribution in [-0.2, 0) is 10.0 Å². The van der Waals surface area contributed by atoms with E-state index >= 15 is 0 Å². The first-order valence-corrected chi connectivity index (χ1v) is 9.75. The smallest absolute Gasteiger partial charge is 0.243 e. The highest BCUT2D eigenvalue weighted by Gasteiger charge is 2.26. The van der Waals surface area contributed by atoms with Crippen LogP contribution in [0.3, 0.4) is 0 Å². The molecule has 0 spiro atoms. The number of thiazole rings is 1. The highest BCUT2D eigenvalue weighted by Crippen LogP contribution is 2.30. The molecule has 1 N–H and O–H groups in total. The van der Waals surface area contributed by atoms with Gasteiger partial charge < -0.3 is 5.32 Å². The lowest BCUT2D eigenvalue weighted by molar-refractivity contribution is 0.360. The molecule has 1 fully saturated rings. The van der Waals surface area contributed by atoms with E-state index in [1.165, 1.54) is 11.3 Å². The van der Waals surface area contributed by atoms with Gasteiger partial charge in [0, 0.05) is 26.2 Å². The molecule has 1 aliphatic rings. The zero-order chi connectivity index (χ0) is 14.2. The minimum Gasteiger partial charge on any atom is -0.314 e. The van der Waals surface area contributed by atoms with Crippen LogP contribution in [0.25, 0.3) is 10.2 Å². The second-order valence-electron chi connectivity index (χ2n) is 4.47. The van der Waals surface area contributed by atoms with Gasteiger partial charge in [-0.3, -0.25) is 0 Å². The van der Waals surface area contributed by atoms with Crippen molar-refractivity contribution in [3.8, 4) is 0 Å². The monoisotopic (exact) mass is 329 g/mol. The molecule has 0 atom stereocenters. The van der Waals surface area contributed by atoms with E-state index in [0.29, 0.717) is 31.1 Å². The van der Waals surface area contributed by atoms with Crippen LogP contribution in [0.1, 0.15) is 0 Å². The Labute approximate surface area is 126 Å². The van der Waals surface area contributed by atoms with Gasteiger partial charge in [-0.05, 0) is 24.5 Å². The Kier molecular flexibility index (Phi) is 4.00. The maximum Gasteiger partial charge on any atom is 0.243 e. The number of nitrogens with zero attached hydrogens (tertiary/aromatic N) is 2. The third kappa shape index (κ3) is 2.58. The van der Waals surface area contributed by atoms with Crippen molar-refractivity contribution in [1.82, 2.24) is 14.6 Å². The molecule has 0 bridgehead atoms. The van der Waals surface area contributed by atoms with Crippen LogP contribution in [0.2, 0.25) is 0 Å². The molecular formula is C12H15N3O2S3. The van der Waals surface area contributed by atoms with E-state index in [2.05, 4.69) is 10.3 Å². The highest BCUT2D eigenvalue weighted by atomic mass is 32.2. The summed E-state index contributed by atoms with van der Waals surface area (Å²) in [7, 11) is -3.39. The van der Waals surface area contributed by atoms with E-state index in [1.807, 2.05) is 6.26 Å². The molecule has 108 valence electrons. The number of nitrogens with one attached hydrogen (secondary N) is 1. The molecule has 1 aromatic carbocycles. The summed E-state index contributed by atoms with van der Waals surface area (Å²) < 4.78 is 28.6. The van der Waals surface area contributed by atoms with Gasteiger partial charge in [0.15, 0.2) is 4.34 Å². The Hall–Kier alpha value is -0.670. The maximum absolute atomic E-state index is 12.6. The van der Waals surface area contributed by atoms with Gasteiger partial charge in [-0.2, -0.15) is 4.31 Å². The molecule has 3 rings (SSSR count). The number of hydrogen-bond acceptors (Lipinski definition) is 6. The summed E-state index contributed by atoms with van der Waals surface area (Å²) in [5, 5.41) is 3.16. The number of fused-ring (bicyclic) bond motifs is 1. The Morgan fingerprint density at radius 3 is 2.80 bits per heavy atom. The first-order chi connectivity index (χ1) is 9.61. The number of hydrogen-bond donors (Lipinski definition) is 1. The fourth-order valence-corrected chi connectivity index (χ4v) is 5.24. The van der Waals surface area contributed by atoms with Crippen molar-refractivity contribution >= 4 is 43.3 Å². The second-order valence-corrected chi connectivity index (χ2v) is 8.49. The van der Waals surface area contributed by atoms with E-state index in [4.69, 9.17) is 0 Å². The van der Waals surface area contributed by atoms with Gasteiger partial charge in [-0.25, -0.2) is 13.4 Å². The second kappa shape index (κ2) is 5.61.